The third-order valence-corrected chi connectivity index (χ3v) is 2.37. The van der Waals surface area contributed by atoms with Crippen LogP contribution in [0.15, 0.2) is 12.4 Å². The van der Waals surface area contributed by atoms with Gasteiger partial charge in [0.25, 0.3) is 5.91 Å². The molecule has 1 rings (SSSR count). The fraction of sp³-hybridized carbons (Fsp3) is 0.583. The van der Waals surface area contributed by atoms with Crippen LogP contribution in [-0.4, -0.2) is 33.6 Å². The summed E-state index contributed by atoms with van der Waals surface area (Å²) in [5.74, 6) is 0.00676. The standard InChI is InChI=1S/C12H19N3O2/c1-8(4-10(3)16)5-15-12(17)11-7-13-9(2)6-14-11/h6-8,10,16H,4-5H2,1-3H3,(H,15,17). The molecule has 94 valence electrons. The van der Waals surface area contributed by atoms with Gasteiger partial charge in [0, 0.05) is 12.7 Å². The Labute approximate surface area is 101 Å². The van der Waals surface area contributed by atoms with Crippen LogP contribution in [0.2, 0.25) is 0 Å². The predicted molar refractivity (Wildman–Crippen MR) is 64.6 cm³/mol. The number of aromatic nitrogens is 2. The Bertz CT molecular complexity index is 363. The number of nitrogens with one attached hydrogen (secondary N) is 1. The Hall–Kier alpha value is -1.49. The Morgan fingerprint density at radius 2 is 2.12 bits per heavy atom. The fourth-order valence-electron chi connectivity index (χ4n) is 1.53. The monoisotopic (exact) mass is 237 g/mol. The van der Waals surface area contributed by atoms with Crippen molar-refractivity contribution in [1.29, 1.82) is 0 Å². The molecule has 1 amide bonds. The number of aliphatic hydroxyl groups is 1. The van der Waals surface area contributed by atoms with E-state index in [1.807, 2.05) is 13.8 Å². The minimum absolute atomic E-state index is 0.227. The molecule has 5 heteroatoms. The van der Waals surface area contributed by atoms with Gasteiger partial charge in [0.2, 0.25) is 0 Å². The molecule has 0 aromatic carbocycles. The van der Waals surface area contributed by atoms with E-state index in [9.17, 15) is 9.90 Å². The minimum atomic E-state index is -0.346. The predicted octanol–water partition coefficient (Wildman–Crippen LogP) is 0.922. The number of rotatable bonds is 5. The SMILES string of the molecule is Cc1cnc(C(=O)NCC(C)CC(C)O)cn1. The second-order valence-electron chi connectivity index (χ2n) is 4.44. The highest BCUT2D eigenvalue weighted by Crippen LogP contribution is 2.04. The number of carbonyl (C=O) groups excluding carboxylic acids is 1. The molecular formula is C12H19N3O2. The number of aliphatic hydroxyl groups excluding tert-OH is 1. The van der Waals surface area contributed by atoms with E-state index in [1.54, 1.807) is 13.1 Å². The first kappa shape index (κ1) is 13.6. The molecule has 17 heavy (non-hydrogen) atoms. The van der Waals surface area contributed by atoms with Gasteiger partial charge in [0.1, 0.15) is 5.69 Å². The van der Waals surface area contributed by atoms with Gasteiger partial charge in [-0.2, -0.15) is 0 Å². The van der Waals surface area contributed by atoms with Gasteiger partial charge >= 0.3 is 0 Å². The van der Waals surface area contributed by atoms with Crippen LogP contribution < -0.4 is 5.32 Å². The summed E-state index contributed by atoms with van der Waals surface area (Å²) < 4.78 is 0. The van der Waals surface area contributed by atoms with E-state index in [1.165, 1.54) is 6.20 Å². The molecule has 2 N–H and O–H groups in total. The fourth-order valence-corrected chi connectivity index (χ4v) is 1.53. The van der Waals surface area contributed by atoms with Crippen molar-refractivity contribution in [3.05, 3.63) is 23.8 Å². The molecule has 0 aliphatic heterocycles. The molecule has 0 aliphatic carbocycles. The summed E-state index contributed by atoms with van der Waals surface area (Å²) in [6.45, 7) is 6.07. The lowest BCUT2D eigenvalue weighted by molar-refractivity contribution is 0.0934. The lowest BCUT2D eigenvalue weighted by atomic mass is 10.0. The first-order valence-electron chi connectivity index (χ1n) is 5.74. The number of nitrogens with zero attached hydrogens (tertiary/aromatic N) is 2. The van der Waals surface area contributed by atoms with Crippen LogP contribution in [0.4, 0.5) is 0 Å². The summed E-state index contributed by atoms with van der Waals surface area (Å²) in [4.78, 5) is 19.7. The second kappa shape index (κ2) is 6.30. The minimum Gasteiger partial charge on any atom is -0.393 e. The van der Waals surface area contributed by atoms with Crippen LogP contribution >= 0.6 is 0 Å². The highest BCUT2D eigenvalue weighted by molar-refractivity contribution is 5.91. The van der Waals surface area contributed by atoms with Crippen LogP contribution in [0.5, 0.6) is 0 Å². The van der Waals surface area contributed by atoms with Crippen molar-refractivity contribution < 1.29 is 9.90 Å². The number of hydrogen-bond donors (Lipinski definition) is 2. The maximum Gasteiger partial charge on any atom is 0.271 e. The molecule has 0 fully saturated rings. The summed E-state index contributed by atoms with van der Waals surface area (Å²) in [6, 6.07) is 0. The van der Waals surface area contributed by atoms with Gasteiger partial charge in [-0.15, -0.1) is 0 Å². The van der Waals surface area contributed by atoms with E-state index in [0.29, 0.717) is 18.7 Å². The molecule has 0 radical (unpaired) electrons. The second-order valence-corrected chi connectivity index (χ2v) is 4.44. The van der Waals surface area contributed by atoms with E-state index >= 15 is 0 Å². The molecular weight excluding hydrogens is 218 g/mol. The lowest BCUT2D eigenvalue weighted by Gasteiger charge is -2.13. The topological polar surface area (TPSA) is 75.1 Å². The molecule has 1 heterocycles. The van der Waals surface area contributed by atoms with Crippen molar-refractivity contribution in [2.45, 2.75) is 33.3 Å². The van der Waals surface area contributed by atoms with Gasteiger partial charge in [-0.05, 0) is 26.2 Å². The van der Waals surface area contributed by atoms with Gasteiger partial charge in [0.15, 0.2) is 0 Å². The summed E-state index contributed by atoms with van der Waals surface area (Å²) in [6.07, 6.45) is 3.35. The molecule has 0 saturated heterocycles. The zero-order chi connectivity index (χ0) is 12.8. The molecule has 0 saturated carbocycles. The number of hydrogen-bond acceptors (Lipinski definition) is 4. The number of amides is 1. The first-order valence-corrected chi connectivity index (χ1v) is 5.74. The van der Waals surface area contributed by atoms with Crippen molar-refractivity contribution in [2.75, 3.05) is 6.54 Å². The van der Waals surface area contributed by atoms with Crippen molar-refractivity contribution in [3.8, 4) is 0 Å². The zero-order valence-electron chi connectivity index (χ0n) is 10.5. The summed E-state index contributed by atoms with van der Waals surface area (Å²) in [5.41, 5.74) is 1.10. The molecule has 1 aromatic rings. The molecule has 0 spiro atoms. The Kier molecular flexibility index (Phi) is 5.03. The van der Waals surface area contributed by atoms with E-state index < -0.39 is 0 Å². The Morgan fingerprint density at radius 1 is 1.41 bits per heavy atom. The van der Waals surface area contributed by atoms with Gasteiger partial charge in [-0.1, -0.05) is 6.92 Å². The lowest BCUT2D eigenvalue weighted by Crippen LogP contribution is -2.30. The third kappa shape index (κ3) is 4.91. The van der Waals surface area contributed by atoms with Gasteiger partial charge in [-0.3, -0.25) is 9.78 Å². The molecule has 0 bridgehead atoms. The molecule has 2 unspecified atom stereocenters. The average molecular weight is 237 g/mol. The number of aryl methyl sites for hydroxylation is 1. The van der Waals surface area contributed by atoms with Crippen LogP contribution in [0.3, 0.4) is 0 Å². The van der Waals surface area contributed by atoms with Crippen LogP contribution in [0.1, 0.15) is 36.5 Å². The van der Waals surface area contributed by atoms with Crippen molar-refractivity contribution in [1.82, 2.24) is 15.3 Å². The maximum atomic E-state index is 11.7. The summed E-state index contributed by atoms with van der Waals surface area (Å²) in [7, 11) is 0. The van der Waals surface area contributed by atoms with Crippen LogP contribution in [-0.2, 0) is 0 Å². The quantitative estimate of drug-likeness (QED) is 0.798. The van der Waals surface area contributed by atoms with Gasteiger partial charge < -0.3 is 10.4 Å². The smallest absolute Gasteiger partial charge is 0.271 e. The van der Waals surface area contributed by atoms with E-state index in [4.69, 9.17) is 0 Å². The average Bonchev–Trinajstić information content (AvgIpc) is 2.26. The molecule has 2 atom stereocenters. The Balaban J connectivity index is 2.42. The van der Waals surface area contributed by atoms with Crippen LogP contribution in [0.25, 0.3) is 0 Å². The highest BCUT2D eigenvalue weighted by atomic mass is 16.3. The van der Waals surface area contributed by atoms with E-state index in [2.05, 4.69) is 15.3 Å². The normalized spacial score (nSPS) is 14.1. The van der Waals surface area contributed by atoms with Gasteiger partial charge in [-0.25, -0.2) is 4.98 Å². The van der Waals surface area contributed by atoms with E-state index in [-0.39, 0.29) is 17.9 Å². The van der Waals surface area contributed by atoms with Crippen molar-refractivity contribution >= 4 is 5.91 Å². The first-order chi connectivity index (χ1) is 7.99. The Morgan fingerprint density at radius 3 is 2.65 bits per heavy atom. The molecule has 0 aliphatic rings. The summed E-state index contributed by atoms with van der Waals surface area (Å²) >= 11 is 0. The zero-order valence-corrected chi connectivity index (χ0v) is 10.5. The van der Waals surface area contributed by atoms with Crippen molar-refractivity contribution in [3.63, 3.8) is 0 Å². The highest BCUT2D eigenvalue weighted by Gasteiger charge is 2.10. The van der Waals surface area contributed by atoms with Crippen LogP contribution in [0, 0.1) is 12.8 Å². The third-order valence-electron chi connectivity index (χ3n) is 2.37. The largest absolute Gasteiger partial charge is 0.393 e. The van der Waals surface area contributed by atoms with Crippen molar-refractivity contribution in [2.24, 2.45) is 5.92 Å². The maximum absolute atomic E-state index is 11.7. The van der Waals surface area contributed by atoms with Gasteiger partial charge in [0.05, 0.1) is 18.0 Å². The molecule has 1 aromatic heterocycles. The summed E-state index contributed by atoms with van der Waals surface area (Å²) in [5, 5.41) is 12.0. The molecule has 5 nitrogen and oxygen atoms in total. The number of carbonyl (C=O) groups is 1. The van der Waals surface area contributed by atoms with E-state index in [0.717, 1.165) is 5.69 Å².